The first-order valence-electron chi connectivity index (χ1n) is 7.95. The van der Waals surface area contributed by atoms with Crippen LogP contribution in [0.15, 0.2) is 18.2 Å². The third-order valence-corrected chi connectivity index (χ3v) is 5.17. The first-order chi connectivity index (χ1) is 10.3. The Morgan fingerprint density at radius 1 is 1.14 bits per heavy atom. The molecule has 2 aliphatic heterocycles. The summed E-state index contributed by atoms with van der Waals surface area (Å²) in [5, 5.41) is 0. The zero-order valence-corrected chi connectivity index (χ0v) is 14.1. The van der Waals surface area contributed by atoms with Gasteiger partial charge in [0.05, 0.1) is 24.9 Å². The first-order valence-corrected chi connectivity index (χ1v) is 7.95. The second-order valence-electron chi connectivity index (χ2n) is 7.15. The molecule has 2 fully saturated rings. The van der Waals surface area contributed by atoms with Crippen LogP contribution in [0.4, 0.5) is 0 Å². The summed E-state index contributed by atoms with van der Waals surface area (Å²) in [6.45, 7) is 9.87. The molecule has 2 saturated heterocycles. The zero-order chi connectivity index (χ0) is 16.0. The highest BCUT2D eigenvalue weighted by Gasteiger charge is 2.52. The van der Waals surface area contributed by atoms with Gasteiger partial charge in [0.1, 0.15) is 5.75 Å². The number of hydrogen-bond acceptors (Lipinski definition) is 4. The molecule has 1 aromatic rings. The van der Waals surface area contributed by atoms with Crippen LogP contribution in [0.25, 0.3) is 0 Å². The largest absolute Gasteiger partial charge is 0.498 e. The molecular formula is C17H25BO4. The third-order valence-electron chi connectivity index (χ3n) is 5.17. The summed E-state index contributed by atoms with van der Waals surface area (Å²) >= 11 is 0. The molecule has 1 atom stereocenters. The van der Waals surface area contributed by atoms with Gasteiger partial charge in [-0.3, -0.25) is 0 Å². The van der Waals surface area contributed by atoms with Gasteiger partial charge in [-0.05, 0) is 45.7 Å². The normalized spacial score (nSPS) is 26.4. The van der Waals surface area contributed by atoms with Crippen LogP contribution < -0.4 is 10.2 Å². The molecule has 0 spiro atoms. The van der Waals surface area contributed by atoms with Gasteiger partial charge in [0.15, 0.2) is 0 Å². The predicted molar refractivity (Wildman–Crippen MR) is 86.9 cm³/mol. The number of ether oxygens (including phenoxy) is 2. The van der Waals surface area contributed by atoms with Crippen LogP contribution in [-0.4, -0.2) is 38.6 Å². The summed E-state index contributed by atoms with van der Waals surface area (Å²) in [5.41, 5.74) is 1.51. The van der Waals surface area contributed by atoms with E-state index in [4.69, 9.17) is 18.8 Å². The Morgan fingerprint density at radius 3 is 2.36 bits per heavy atom. The van der Waals surface area contributed by atoms with E-state index in [9.17, 15) is 0 Å². The minimum atomic E-state index is -0.395. The highest BCUT2D eigenvalue weighted by atomic mass is 16.7. The Kier molecular flexibility index (Phi) is 4.00. The quantitative estimate of drug-likeness (QED) is 0.804. The molecule has 4 nitrogen and oxygen atoms in total. The molecule has 1 aromatic carbocycles. The molecule has 0 bridgehead atoms. The van der Waals surface area contributed by atoms with Crippen LogP contribution in [0, 0.1) is 0 Å². The van der Waals surface area contributed by atoms with Crippen molar-refractivity contribution in [2.75, 3.05) is 20.3 Å². The fourth-order valence-corrected chi connectivity index (χ4v) is 2.94. The van der Waals surface area contributed by atoms with Crippen LogP contribution in [-0.2, 0) is 14.0 Å². The van der Waals surface area contributed by atoms with E-state index in [0.29, 0.717) is 5.92 Å². The summed E-state index contributed by atoms with van der Waals surface area (Å²) in [7, 11) is 1.30. The van der Waals surface area contributed by atoms with Gasteiger partial charge in [0.2, 0.25) is 0 Å². The van der Waals surface area contributed by atoms with Crippen molar-refractivity contribution in [3.05, 3.63) is 23.8 Å². The van der Waals surface area contributed by atoms with E-state index in [1.807, 2.05) is 0 Å². The van der Waals surface area contributed by atoms with Crippen molar-refractivity contribution in [1.82, 2.24) is 0 Å². The van der Waals surface area contributed by atoms with Crippen molar-refractivity contribution >= 4 is 12.6 Å². The Bertz CT molecular complexity index is 534. The Morgan fingerprint density at radius 2 is 1.82 bits per heavy atom. The smallest absolute Gasteiger partial charge is 0.497 e. The Balaban J connectivity index is 1.88. The SMILES string of the molecule is COc1cc(C2CCOC2)ccc1B1OC(C)(C)C(C)(C)O1. The molecule has 120 valence electrons. The number of rotatable bonds is 3. The minimum absolute atomic E-state index is 0.347. The topological polar surface area (TPSA) is 36.9 Å². The van der Waals surface area contributed by atoms with Crippen molar-refractivity contribution in [2.24, 2.45) is 0 Å². The highest BCUT2D eigenvalue weighted by Crippen LogP contribution is 2.37. The van der Waals surface area contributed by atoms with E-state index < -0.39 is 7.12 Å². The Hall–Kier alpha value is -1.04. The van der Waals surface area contributed by atoms with E-state index in [1.165, 1.54) is 5.56 Å². The lowest BCUT2D eigenvalue weighted by Gasteiger charge is -2.32. The predicted octanol–water partition coefficient (Wildman–Crippen LogP) is 2.50. The van der Waals surface area contributed by atoms with Gasteiger partial charge < -0.3 is 18.8 Å². The fraction of sp³-hybridized carbons (Fsp3) is 0.647. The monoisotopic (exact) mass is 304 g/mol. The lowest BCUT2D eigenvalue weighted by molar-refractivity contribution is 0.00578. The van der Waals surface area contributed by atoms with Gasteiger partial charge in [-0.2, -0.15) is 0 Å². The standard InChI is InChI=1S/C17H25BO4/c1-16(2)17(3,4)22-18(21-16)14-7-6-12(10-15(14)19-5)13-8-9-20-11-13/h6-7,10,13H,8-9,11H2,1-5H3. The van der Waals surface area contributed by atoms with Crippen molar-refractivity contribution in [1.29, 1.82) is 0 Å². The van der Waals surface area contributed by atoms with Crippen molar-refractivity contribution in [2.45, 2.75) is 51.2 Å². The summed E-state index contributed by atoms with van der Waals surface area (Å²) in [5.74, 6) is 1.28. The molecule has 0 aliphatic carbocycles. The summed E-state index contributed by atoms with van der Waals surface area (Å²) < 4.78 is 23.3. The molecule has 0 radical (unpaired) electrons. The molecule has 0 aromatic heterocycles. The molecule has 2 heterocycles. The van der Waals surface area contributed by atoms with Crippen molar-refractivity contribution < 1.29 is 18.8 Å². The lowest BCUT2D eigenvalue weighted by atomic mass is 9.77. The maximum atomic E-state index is 6.13. The number of hydrogen-bond donors (Lipinski definition) is 0. The maximum absolute atomic E-state index is 6.13. The number of benzene rings is 1. The highest BCUT2D eigenvalue weighted by molar-refractivity contribution is 6.63. The average molecular weight is 304 g/mol. The van der Waals surface area contributed by atoms with E-state index in [-0.39, 0.29) is 11.2 Å². The lowest BCUT2D eigenvalue weighted by Crippen LogP contribution is -2.41. The van der Waals surface area contributed by atoms with Gasteiger partial charge in [-0.1, -0.05) is 12.1 Å². The summed E-state index contributed by atoms with van der Waals surface area (Å²) in [6, 6.07) is 6.30. The molecule has 5 heteroatoms. The molecule has 1 unspecified atom stereocenters. The van der Waals surface area contributed by atoms with E-state index in [1.54, 1.807) is 7.11 Å². The fourth-order valence-electron chi connectivity index (χ4n) is 2.94. The average Bonchev–Trinajstić information content (AvgIpc) is 3.05. The van der Waals surface area contributed by atoms with Gasteiger partial charge in [-0.25, -0.2) is 0 Å². The number of methoxy groups -OCH3 is 1. The van der Waals surface area contributed by atoms with Crippen LogP contribution >= 0.6 is 0 Å². The van der Waals surface area contributed by atoms with Crippen molar-refractivity contribution in [3.8, 4) is 5.75 Å². The first kappa shape index (κ1) is 15.8. The van der Waals surface area contributed by atoms with E-state index in [0.717, 1.165) is 30.8 Å². The van der Waals surface area contributed by atoms with Gasteiger partial charge in [-0.15, -0.1) is 0 Å². The summed E-state index contributed by atoms with van der Waals surface area (Å²) in [6.07, 6.45) is 1.07. The van der Waals surface area contributed by atoms with E-state index >= 15 is 0 Å². The van der Waals surface area contributed by atoms with Crippen LogP contribution in [0.3, 0.4) is 0 Å². The van der Waals surface area contributed by atoms with Gasteiger partial charge in [0, 0.05) is 18.0 Å². The van der Waals surface area contributed by atoms with Gasteiger partial charge >= 0.3 is 7.12 Å². The zero-order valence-electron chi connectivity index (χ0n) is 14.1. The van der Waals surface area contributed by atoms with Gasteiger partial charge in [0.25, 0.3) is 0 Å². The maximum Gasteiger partial charge on any atom is 0.498 e. The molecule has 2 aliphatic rings. The third kappa shape index (κ3) is 2.66. The van der Waals surface area contributed by atoms with Crippen LogP contribution in [0.2, 0.25) is 0 Å². The van der Waals surface area contributed by atoms with E-state index in [2.05, 4.69) is 45.9 Å². The Labute approximate surface area is 133 Å². The second-order valence-corrected chi connectivity index (χ2v) is 7.15. The molecule has 0 N–H and O–H groups in total. The van der Waals surface area contributed by atoms with Crippen molar-refractivity contribution in [3.63, 3.8) is 0 Å². The minimum Gasteiger partial charge on any atom is -0.497 e. The molecular weight excluding hydrogens is 279 g/mol. The van der Waals surface area contributed by atoms with Crippen LogP contribution in [0.1, 0.15) is 45.6 Å². The molecule has 22 heavy (non-hydrogen) atoms. The summed E-state index contributed by atoms with van der Waals surface area (Å²) in [4.78, 5) is 0. The second kappa shape index (κ2) is 5.55. The molecule has 0 saturated carbocycles. The van der Waals surface area contributed by atoms with Crippen LogP contribution in [0.5, 0.6) is 5.75 Å². The molecule has 3 rings (SSSR count). The molecule has 0 amide bonds.